The van der Waals surface area contributed by atoms with Crippen LogP contribution in [0.2, 0.25) is 0 Å². The van der Waals surface area contributed by atoms with Gasteiger partial charge in [-0.3, -0.25) is 4.79 Å². The van der Waals surface area contributed by atoms with E-state index < -0.39 is 18.5 Å². The molecule has 0 spiro atoms. The molecular weight excluding hydrogens is 325 g/mol. The Kier molecular flexibility index (Phi) is 6.51. The van der Waals surface area contributed by atoms with Crippen molar-refractivity contribution in [2.75, 3.05) is 20.3 Å². The highest BCUT2D eigenvalue weighted by atomic mass is 19.1. The van der Waals surface area contributed by atoms with Gasteiger partial charge in [0.05, 0.1) is 7.11 Å². The van der Waals surface area contributed by atoms with Gasteiger partial charge in [0.2, 0.25) is 0 Å². The van der Waals surface area contributed by atoms with Crippen LogP contribution in [-0.2, 0) is 16.0 Å². The zero-order chi connectivity index (χ0) is 18.2. The summed E-state index contributed by atoms with van der Waals surface area (Å²) in [4.78, 5) is 23.9. The summed E-state index contributed by atoms with van der Waals surface area (Å²) in [6, 6.07) is 11.5. The first-order valence-corrected chi connectivity index (χ1v) is 7.83. The summed E-state index contributed by atoms with van der Waals surface area (Å²) in [6.07, 6.45) is 0.359. The maximum absolute atomic E-state index is 13.5. The van der Waals surface area contributed by atoms with E-state index in [1.54, 1.807) is 30.3 Å². The average molecular weight is 345 g/mol. The Bertz CT molecular complexity index is 761. The normalized spacial score (nSPS) is 10.2. The summed E-state index contributed by atoms with van der Waals surface area (Å²) in [5.41, 5.74) is 1.66. The maximum Gasteiger partial charge on any atom is 0.342 e. The van der Waals surface area contributed by atoms with Crippen molar-refractivity contribution >= 4 is 11.9 Å². The van der Waals surface area contributed by atoms with E-state index in [2.05, 4.69) is 5.32 Å². The predicted molar refractivity (Wildman–Crippen MR) is 91.1 cm³/mol. The second-order valence-corrected chi connectivity index (χ2v) is 5.47. The molecule has 0 heterocycles. The number of aryl methyl sites for hydroxylation is 1. The number of benzene rings is 2. The fraction of sp³-hybridized carbons (Fsp3) is 0.263. The summed E-state index contributed by atoms with van der Waals surface area (Å²) >= 11 is 0. The van der Waals surface area contributed by atoms with E-state index in [9.17, 15) is 14.0 Å². The van der Waals surface area contributed by atoms with Gasteiger partial charge in [0.25, 0.3) is 5.91 Å². The molecule has 2 rings (SSSR count). The molecule has 6 heteroatoms. The number of halogens is 1. The molecule has 0 aromatic heterocycles. The number of hydrogen-bond donors (Lipinski definition) is 1. The number of carbonyl (C=O) groups is 2. The van der Waals surface area contributed by atoms with Crippen LogP contribution in [0.3, 0.4) is 0 Å². The fourth-order valence-corrected chi connectivity index (χ4v) is 2.28. The molecule has 0 aliphatic rings. The van der Waals surface area contributed by atoms with E-state index in [1.807, 2.05) is 13.0 Å². The third kappa shape index (κ3) is 5.31. The van der Waals surface area contributed by atoms with Crippen molar-refractivity contribution in [2.45, 2.75) is 13.3 Å². The summed E-state index contributed by atoms with van der Waals surface area (Å²) in [5.74, 6) is -1.01. The van der Waals surface area contributed by atoms with E-state index in [1.165, 1.54) is 13.2 Å². The van der Waals surface area contributed by atoms with Gasteiger partial charge in [-0.1, -0.05) is 29.8 Å². The SMILES string of the molecule is COc1ccc(C)cc1C(=O)OCC(=O)NCCc1ccccc1F. The number of nitrogens with one attached hydrogen (secondary N) is 1. The van der Waals surface area contributed by atoms with Crippen LogP contribution in [-0.4, -0.2) is 32.1 Å². The molecule has 132 valence electrons. The minimum atomic E-state index is -0.634. The highest BCUT2D eigenvalue weighted by molar-refractivity contribution is 5.94. The second kappa shape index (κ2) is 8.82. The third-order valence-electron chi connectivity index (χ3n) is 3.58. The monoisotopic (exact) mass is 345 g/mol. The first-order chi connectivity index (χ1) is 12.0. The van der Waals surface area contributed by atoms with Crippen molar-refractivity contribution < 1.29 is 23.5 Å². The number of esters is 1. The number of ether oxygens (including phenoxy) is 2. The van der Waals surface area contributed by atoms with Crippen LogP contribution in [0, 0.1) is 12.7 Å². The lowest BCUT2D eigenvalue weighted by atomic mass is 10.1. The summed E-state index contributed by atoms with van der Waals surface area (Å²) in [5, 5.41) is 2.59. The molecule has 2 aromatic rings. The van der Waals surface area contributed by atoms with Crippen molar-refractivity contribution in [3.63, 3.8) is 0 Å². The summed E-state index contributed by atoms with van der Waals surface area (Å²) in [6.45, 7) is 1.68. The standard InChI is InChI=1S/C19H20FNO4/c1-13-7-8-17(24-2)15(11-13)19(23)25-12-18(22)21-10-9-14-5-3-4-6-16(14)20/h3-8,11H,9-10,12H2,1-2H3,(H,21,22). The van der Waals surface area contributed by atoms with Crippen molar-refractivity contribution in [3.05, 3.63) is 65.0 Å². The van der Waals surface area contributed by atoms with Crippen LogP contribution >= 0.6 is 0 Å². The van der Waals surface area contributed by atoms with Crippen LogP contribution < -0.4 is 10.1 Å². The highest BCUT2D eigenvalue weighted by Gasteiger charge is 2.15. The van der Waals surface area contributed by atoms with Gasteiger partial charge >= 0.3 is 5.97 Å². The minimum Gasteiger partial charge on any atom is -0.496 e. The van der Waals surface area contributed by atoms with Gasteiger partial charge in [0.15, 0.2) is 6.61 Å². The van der Waals surface area contributed by atoms with Gasteiger partial charge in [-0.05, 0) is 37.1 Å². The Labute approximate surface area is 145 Å². The zero-order valence-electron chi connectivity index (χ0n) is 14.2. The molecule has 0 fully saturated rings. The first-order valence-electron chi connectivity index (χ1n) is 7.83. The molecule has 0 aliphatic heterocycles. The highest BCUT2D eigenvalue weighted by Crippen LogP contribution is 2.20. The van der Waals surface area contributed by atoms with Crippen LogP contribution in [0.25, 0.3) is 0 Å². The molecule has 0 bridgehead atoms. The molecular formula is C19H20FNO4. The topological polar surface area (TPSA) is 64.6 Å². The number of methoxy groups -OCH3 is 1. The minimum absolute atomic E-state index is 0.255. The molecule has 25 heavy (non-hydrogen) atoms. The van der Waals surface area contributed by atoms with Crippen LogP contribution in [0.15, 0.2) is 42.5 Å². The molecule has 0 unspecified atom stereocenters. The van der Waals surface area contributed by atoms with Gasteiger partial charge in [-0.25, -0.2) is 9.18 Å². The van der Waals surface area contributed by atoms with Gasteiger partial charge in [-0.15, -0.1) is 0 Å². The molecule has 0 aliphatic carbocycles. The van der Waals surface area contributed by atoms with E-state index in [0.29, 0.717) is 17.7 Å². The lowest BCUT2D eigenvalue weighted by molar-refractivity contribution is -0.124. The van der Waals surface area contributed by atoms with Crippen molar-refractivity contribution in [1.29, 1.82) is 0 Å². The molecule has 0 saturated carbocycles. The van der Waals surface area contributed by atoms with Gasteiger partial charge in [0.1, 0.15) is 17.1 Å². The summed E-state index contributed by atoms with van der Waals surface area (Å²) in [7, 11) is 1.46. The molecule has 0 atom stereocenters. The van der Waals surface area contributed by atoms with Crippen LogP contribution in [0.1, 0.15) is 21.5 Å². The van der Waals surface area contributed by atoms with Crippen molar-refractivity contribution in [1.82, 2.24) is 5.32 Å². The third-order valence-corrected chi connectivity index (χ3v) is 3.58. The smallest absolute Gasteiger partial charge is 0.342 e. The van der Waals surface area contributed by atoms with Crippen LogP contribution in [0.4, 0.5) is 4.39 Å². The summed E-state index contributed by atoms with van der Waals surface area (Å²) < 4.78 is 23.6. The quantitative estimate of drug-likeness (QED) is 0.784. The average Bonchev–Trinajstić information content (AvgIpc) is 2.61. The van der Waals surface area contributed by atoms with E-state index in [0.717, 1.165) is 5.56 Å². The molecule has 1 N–H and O–H groups in total. The van der Waals surface area contributed by atoms with E-state index >= 15 is 0 Å². The Morgan fingerprint density at radius 2 is 1.92 bits per heavy atom. The number of carbonyl (C=O) groups excluding carboxylic acids is 2. The Balaban J connectivity index is 1.81. The fourth-order valence-electron chi connectivity index (χ4n) is 2.28. The molecule has 1 amide bonds. The zero-order valence-corrected chi connectivity index (χ0v) is 14.2. The lowest BCUT2D eigenvalue weighted by Gasteiger charge is -2.10. The van der Waals surface area contributed by atoms with Crippen molar-refractivity contribution in [3.8, 4) is 5.75 Å². The molecule has 5 nitrogen and oxygen atoms in total. The number of rotatable bonds is 7. The van der Waals surface area contributed by atoms with E-state index in [4.69, 9.17) is 9.47 Å². The maximum atomic E-state index is 13.5. The second-order valence-electron chi connectivity index (χ2n) is 5.47. The predicted octanol–water partition coefficient (Wildman–Crippen LogP) is 2.66. The lowest BCUT2D eigenvalue weighted by Crippen LogP contribution is -2.30. The van der Waals surface area contributed by atoms with Crippen molar-refractivity contribution in [2.24, 2.45) is 0 Å². The Hall–Kier alpha value is -2.89. The number of hydrogen-bond acceptors (Lipinski definition) is 4. The largest absolute Gasteiger partial charge is 0.496 e. The first kappa shape index (κ1) is 18.4. The van der Waals surface area contributed by atoms with E-state index in [-0.39, 0.29) is 17.9 Å². The van der Waals surface area contributed by atoms with Gasteiger partial charge in [-0.2, -0.15) is 0 Å². The molecule has 0 saturated heterocycles. The Morgan fingerprint density at radius 3 is 2.64 bits per heavy atom. The Morgan fingerprint density at radius 1 is 1.16 bits per heavy atom. The van der Waals surface area contributed by atoms with Crippen LogP contribution in [0.5, 0.6) is 5.75 Å². The van der Waals surface area contributed by atoms with Gasteiger partial charge < -0.3 is 14.8 Å². The number of amides is 1. The molecule has 0 radical (unpaired) electrons. The van der Waals surface area contributed by atoms with Gasteiger partial charge in [0, 0.05) is 6.54 Å². The molecule has 2 aromatic carbocycles.